The highest BCUT2D eigenvalue weighted by molar-refractivity contribution is 5.19. The SMILES string of the molecule is CCCN1CCN(C(CC)C(O)c2ccccc2)CC1. The van der Waals surface area contributed by atoms with Gasteiger partial charge in [0, 0.05) is 32.2 Å². The molecule has 0 radical (unpaired) electrons. The van der Waals surface area contributed by atoms with Crippen molar-refractivity contribution in [2.45, 2.75) is 38.8 Å². The Morgan fingerprint density at radius 3 is 2.25 bits per heavy atom. The fraction of sp³-hybridized carbons (Fsp3) is 0.647. The molecule has 112 valence electrons. The third-order valence-corrected chi connectivity index (χ3v) is 4.34. The molecule has 3 nitrogen and oxygen atoms in total. The molecule has 1 aliphatic heterocycles. The molecule has 2 unspecified atom stereocenters. The summed E-state index contributed by atoms with van der Waals surface area (Å²) in [5.41, 5.74) is 1.04. The van der Waals surface area contributed by atoms with Crippen LogP contribution in [0.25, 0.3) is 0 Å². The molecule has 3 heteroatoms. The minimum absolute atomic E-state index is 0.237. The largest absolute Gasteiger partial charge is 0.387 e. The van der Waals surface area contributed by atoms with Crippen LogP contribution in [0.4, 0.5) is 0 Å². The lowest BCUT2D eigenvalue weighted by Gasteiger charge is -2.40. The standard InChI is InChI=1S/C17H28N2O/c1-3-10-18-11-13-19(14-12-18)16(4-2)17(20)15-8-6-5-7-9-15/h5-9,16-17,20H,3-4,10-14H2,1-2H3. The predicted molar refractivity (Wildman–Crippen MR) is 83.8 cm³/mol. The van der Waals surface area contributed by atoms with Crippen LogP contribution in [0.2, 0.25) is 0 Å². The van der Waals surface area contributed by atoms with E-state index in [0.29, 0.717) is 0 Å². The summed E-state index contributed by atoms with van der Waals surface area (Å²) >= 11 is 0. The van der Waals surface area contributed by atoms with Crippen molar-refractivity contribution in [1.82, 2.24) is 9.80 Å². The molecule has 1 aromatic rings. The number of rotatable bonds is 6. The number of hydrogen-bond donors (Lipinski definition) is 1. The Labute approximate surface area is 123 Å². The van der Waals surface area contributed by atoms with Gasteiger partial charge in [-0.25, -0.2) is 0 Å². The second kappa shape index (κ2) is 7.77. The lowest BCUT2D eigenvalue weighted by molar-refractivity contribution is 0.0160. The van der Waals surface area contributed by atoms with Crippen molar-refractivity contribution in [3.8, 4) is 0 Å². The van der Waals surface area contributed by atoms with Crippen LogP contribution < -0.4 is 0 Å². The van der Waals surface area contributed by atoms with Crippen LogP contribution in [0, 0.1) is 0 Å². The van der Waals surface area contributed by atoms with Gasteiger partial charge in [0.15, 0.2) is 0 Å². The fourth-order valence-electron chi connectivity index (χ4n) is 3.19. The van der Waals surface area contributed by atoms with E-state index in [-0.39, 0.29) is 12.1 Å². The normalized spacial score (nSPS) is 20.8. The zero-order valence-corrected chi connectivity index (χ0v) is 12.8. The number of nitrogens with zero attached hydrogens (tertiary/aromatic N) is 2. The van der Waals surface area contributed by atoms with E-state index in [2.05, 4.69) is 23.6 Å². The second-order valence-electron chi connectivity index (χ2n) is 5.71. The first-order chi connectivity index (χ1) is 9.76. The molecule has 0 aliphatic carbocycles. The first-order valence-corrected chi connectivity index (χ1v) is 7.95. The summed E-state index contributed by atoms with van der Waals surface area (Å²) in [6.45, 7) is 10.0. The van der Waals surface area contributed by atoms with Crippen molar-refractivity contribution in [2.75, 3.05) is 32.7 Å². The van der Waals surface area contributed by atoms with Crippen molar-refractivity contribution in [3.63, 3.8) is 0 Å². The summed E-state index contributed by atoms with van der Waals surface area (Å²) in [4.78, 5) is 4.99. The summed E-state index contributed by atoms with van der Waals surface area (Å²) in [6, 6.07) is 10.3. The van der Waals surface area contributed by atoms with Crippen molar-refractivity contribution in [3.05, 3.63) is 35.9 Å². The minimum atomic E-state index is -0.376. The second-order valence-corrected chi connectivity index (χ2v) is 5.71. The average Bonchev–Trinajstić information content (AvgIpc) is 2.51. The Morgan fingerprint density at radius 2 is 1.70 bits per heavy atom. The number of aliphatic hydroxyl groups excluding tert-OH is 1. The van der Waals surface area contributed by atoms with Gasteiger partial charge in [-0.2, -0.15) is 0 Å². The predicted octanol–water partition coefficient (Wildman–Crippen LogP) is 2.53. The number of benzene rings is 1. The van der Waals surface area contributed by atoms with Crippen molar-refractivity contribution >= 4 is 0 Å². The van der Waals surface area contributed by atoms with Crippen molar-refractivity contribution in [1.29, 1.82) is 0 Å². The van der Waals surface area contributed by atoms with Crippen LogP contribution in [0.5, 0.6) is 0 Å². The highest BCUT2D eigenvalue weighted by atomic mass is 16.3. The molecule has 1 heterocycles. The summed E-state index contributed by atoms with van der Waals surface area (Å²) < 4.78 is 0. The molecule has 1 aromatic carbocycles. The maximum absolute atomic E-state index is 10.6. The Bertz CT molecular complexity index is 374. The quantitative estimate of drug-likeness (QED) is 0.865. The Hall–Kier alpha value is -0.900. The Balaban J connectivity index is 1.95. The number of aliphatic hydroxyl groups is 1. The molecule has 20 heavy (non-hydrogen) atoms. The van der Waals surface area contributed by atoms with Crippen molar-refractivity contribution in [2.24, 2.45) is 0 Å². The number of piperazine rings is 1. The summed E-state index contributed by atoms with van der Waals surface area (Å²) in [6.07, 6.45) is 1.84. The zero-order valence-electron chi connectivity index (χ0n) is 12.8. The summed E-state index contributed by atoms with van der Waals surface area (Å²) in [5.74, 6) is 0. The topological polar surface area (TPSA) is 26.7 Å². The van der Waals surface area contributed by atoms with Gasteiger partial charge in [0.1, 0.15) is 0 Å². The molecule has 0 saturated carbocycles. The fourth-order valence-corrected chi connectivity index (χ4v) is 3.19. The third-order valence-electron chi connectivity index (χ3n) is 4.34. The maximum atomic E-state index is 10.6. The Kier molecular flexibility index (Phi) is 6.02. The molecule has 0 aromatic heterocycles. The molecule has 0 spiro atoms. The molecule has 1 aliphatic rings. The van der Waals surface area contributed by atoms with Gasteiger partial charge >= 0.3 is 0 Å². The zero-order chi connectivity index (χ0) is 14.4. The monoisotopic (exact) mass is 276 g/mol. The molecule has 0 amide bonds. The highest BCUT2D eigenvalue weighted by Crippen LogP contribution is 2.24. The molecule has 1 N–H and O–H groups in total. The van der Waals surface area contributed by atoms with Crippen LogP contribution in [-0.4, -0.2) is 53.7 Å². The lowest BCUT2D eigenvalue weighted by Crippen LogP contribution is -2.51. The molecule has 0 bridgehead atoms. The first-order valence-electron chi connectivity index (χ1n) is 7.95. The van der Waals surface area contributed by atoms with E-state index in [0.717, 1.165) is 38.2 Å². The van der Waals surface area contributed by atoms with Gasteiger partial charge < -0.3 is 10.0 Å². The first kappa shape index (κ1) is 15.5. The maximum Gasteiger partial charge on any atom is 0.0945 e. The van der Waals surface area contributed by atoms with Crippen molar-refractivity contribution < 1.29 is 5.11 Å². The molecule has 1 fully saturated rings. The van der Waals surface area contributed by atoms with E-state index < -0.39 is 0 Å². The number of hydrogen-bond acceptors (Lipinski definition) is 3. The van der Waals surface area contributed by atoms with E-state index in [1.165, 1.54) is 13.0 Å². The molecule has 1 saturated heterocycles. The van der Waals surface area contributed by atoms with Crippen LogP contribution >= 0.6 is 0 Å². The molecule has 2 atom stereocenters. The van der Waals surface area contributed by atoms with Crippen LogP contribution in [0.15, 0.2) is 30.3 Å². The van der Waals surface area contributed by atoms with Gasteiger partial charge in [-0.05, 0) is 24.9 Å². The van der Waals surface area contributed by atoms with Gasteiger partial charge in [-0.3, -0.25) is 4.90 Å². The van der Waals surface area contributed by atoms with Gasteiger partial charge in [-0.1, -0.05) is 44.2 Å². The average molecular weight is 276 g/mol. The lowest BCUT2D eigenvalue weighted by atomic mass is 9.98. The van der Waals surface area contributed by atoms with E-state index >= 15 is 0 Å². The van der Waals surface area contributed by atoms with Crippen LogP contribution in [-0.2, 0) is 0 Å². The molecule has 2 rings (SSSR count). The minimum Gasteiger partial charge on any atom is -0.387 e. The molecular formula is C17H28N2O. The van der Waals surface area contributed by atoms with Gasteiger partial charge in [0.05, 0.1) is 6.10 Å². The van der Waals surface area contributed by atoms with E-state index in [4.69, 9.17) is 0 Å². The third kappa shape index (κ3) is 3.81. The highest BCUT2D eigenvalue weighted by Gasteiger charge is 2.28. The molecular weight excluding hydrogens is 248 g/mol. The van der Waals surface area contributed by atoms with Crippen LogP contribution in [0.3, 0.4) is 0 Å². The van der Waals surface area contributed by atoms with E-state index in [1.54, 1.807) is 0 Å². The van der Waals surface area contributed by atoms with E-state index in [9.17, 15) is 5.11 Å². The summed E-state index contributed by atoms with van der Waals surface area (Å²) in [7, 11) is 0. The van der Waals surface area contributed by atoms with E-state index in [1.807, 2.05) is 30.3 Å². The van der Waals surface area contributed by atoms with Gasteiger partial charge in [0.25, 0.3) is 0 Å². The Morgan fingerprint density at radius 1 is 1.05 bits per heavy atom. The summed E-state index contributed by atoms with van der Waals surface area (Å²) in [5, 5.41) is 10.6. The van der Waals surface area contributed by atoms with Gasteiger partial charge in [-0.15, -0.1) is 0 Å². The smallest absolute Gasteiger partial charge is 0.0945 e. The van der Waals surface area contributed by atoms with Crippen LogP contribution in [0.1, 0.15) is 38.4 Å². The van der Waals surface area contributed by atoms with Gasteiger partial charge in [0.2, 0.25) is 0 Å².